The summed E-state index contributed by atoms with van der Waals surface area (Å²) in [7, 11) is 0. The lowest BCUT2D eigenvalue weighted by Crippen LogP contribution is -1.98. The molecule has 3 rings (SSSR count). The van der Waals surface area contributed by atoms with Crippen molar-refractivity contribution in [2.75, 3.05) is 5.32 Å². The van der Waals surface area contributed by atoms with Crippen molar-refractivity contribution in [3.05, 3.63) is 58.7 Å². The van der Waals surface area contributed by atoms with E-state index in [0.29, 0.717) is 0 Å². The van der Waals surface area contributed by atoms with Crippen LogP contribution in [0.25, 0.3) is 11.0 Å². The summed E-state index contributed by atoms with van der Waals surface area (Å²) >= 11 is 3.34. The van der Waals surface area contributed by atoms with Crippen molar-refractivity contribution in [2.45, 2.75) is 6.54 Å². The van der Waals surface area contributed by atoms with Gasteiger partial charge in [-0.15, -0.1) is 0 Å². The fraction of sp³-hybridized carbons (Fsp3) is 0.0714. The molecule has 0 saturated heterocycles. The molecule has 3 nitrogen and oxygen atoms in total. The number of benzene rings is 2. The largest absolute Gasteiger partial charge is 0.381 e. The third-order valence-corrected chi connectivity index (χ3v) is 3.34. The first-order valence-corrected chi connectivity index (χ1v) is 6.45. The van der Waals surface area contributed by atoms with Crippen LogP contribution in [-0.2, 0) is 6.54 Å². The molecule has 0 aliphatic rings. The number of nitrogens with zero attached hydrogens (tertiary/aromatic N) is 1. The van der Waals surface area contributed by atoms with E-state index in [1.54, 1.807) is 0 Å². The predicted molar refractivity (Wildman–Crippen MR) is 75.5 cm³/mol. The molecule has 4 heteroatoms. The van der Waals surface area contributed by atoms with Gasteiger partial charge in [0, 0.05) is 18.3 Å². The number of fused-ring (bicyclic) bond motifs is 1. The zero-order chi connectivity index (χ0) is 12.4. The van der Waals surface area contributed by atoms with Gasteiger partial charge in [0.25, 0.3) is 0 Å². The van der Waals surface area contributed by atoms with Crippen LogP contribution in [0.1, 0.15) is 5.56 Å². The van der Waals surface area contributed by atoms with Crippen LogP contribution in [0.2, 0.25) is 0 Å². The number of rotatable bonds is 3. The number of anilines is 1. The molecule has 0 fully saturated rings. The summed E-state index contributed by atoms with van der Waals surface area (Å²) in [5.41, 5.74) is 3.05. The Labute approximate surface area is 113 Å². The summed E-state index contributed by atoms with van der Waals surface area (Å²) in [6.07, 6.45) is 0. The first-order valence-electron chi connectivity index (χ1n) is 5.66. The third kappa shape index (κ3) is 2.24. The predicted octanol–water partition coefficient (Wildman–Crippen LogP) is 4.20. The molecule has 0 atom stereocenters. The van der Waals surface area contributed by atoms with E-state index in [4.69, 9.17) is 4.52 Å². The maximum atomic E-state index is 5.20. The smallest absolute Gasteiger partial charge is 0.170 e. The van der Waals surface area contributed by atoms with Gasteiger partial charge in [-0.2, -0.15) is 0 Å². The summed E-state index contributed by atoms with van der Waals surface area (Å²) in [5, 5.41) is 8.21. The van der Waals surface area contributed by atoms with Gasteiger partial charge in [-0.1, -0.05) is 35.5 Å². The quantitative estimate of drug-likeness (QED) is 0.788. The molecular weight excluding hydrogens is 292 g/mol. The summed E-state index contributed by atoms with van der Waals surface area (Å²) in [4.78, 5) is 0. The van der Waals surface area contributed by atoms with Crippen molar-refractivity contribution in [3.8, 4) is 0 Å². The van der Waals surface area contributed by atoms with Crippen LogP contribution in [0, 0.1) is 0 Å². The Morgan fingerprint density at radius 3 is 2.78 bits per heavy atom. The van der Waals surface area contributed by atoms with Crippen molar-refractivity contribution in [3.63, 3.8) is 0 Å². The fourth-order valence-electron chi connectivity index (χ4n) is 1.82. The first-order chi connectivity index (χ1) is 8.83. The van der Waals surface area contributed by atoms with Crippen molar-refractivity contribution in [2.24, 2.45) is 0 Å². The van der Waals surface area contributed by atoms with Gasteiger partial charge in [0.05, 0.1) is 5.39 Å². The third-order valence-electron chi connectivity index (χ3n) is 2.77. The fourth-order valence-corrected chi connectivity index (χ4v) is 2.22. The summed E-state index contributed by atoms with van der Waals surface area (Å²) in [5.74, 6) is 0. The lowest BCUT2D eigenvalue weighted by Gasteiger charge is -2.05. The Balaban J connectivity index is 1.79. The SMILES string of the molecule is Brc1noc2cc(NCc3ccccc3)ccc12. The Morgan fingerprint density at radius 1 is 1.11 bits per heavy atom. The summed E-state index contributed by atoms with van der Waals surface area (Å²) in [6.45, 7) is 0.793. The van der Waals surface area contributed by atoms with Gasteiger partial charge in [-0.05, 0) is 33.6 Å². The zero-order valence-electron chi connectivity index (χ0n) is 9.56. The Kier molecular flexibility index (Phi) is 3.02. The van der Waals surface area contributed by atoms with E-state index in [2.05, 4.69) is 38.5 Å². The molecule has 0 spiro atoms. The lowest BCUT2D eigenvalue weighted by atomic mass is 10.2. The van der Waals surface area contributed by atoms with Gasteiger partial charge in [0.15, 0.2) is 10.2 Å². The van der Waals surface area contributed by atoms with E-state index in [-0.39, 0.29) is 0 Å². The van der Waals surface area contributed by atoms with E-state index >= 15 is 0 Å². The van der Waals surface area contributed by atoms with Gasteiger partial charge >= 0.3 is 0 Å². The van der Waals surface area contributed by atoms with Crippen LogP contribution in [-0.4, -0.2) is 5.16 Å². The maximum Gasteiger partial charge on any atom is 0.170 e. The van der Waals surface area contributed by atoms with Gasteiger partial charge in [-0.3, -0.25) is 0 Å². The van der Waals surface area contributed by atoms with Crippen molar-refractivity contribution >= 4 is 32.6 Å². The molecule has 90 valence electrons. The molecule has 0 bridgehead atoms. The zero-order valence-corrected chi connectivity index (χ0v) is 11.1. The van der Waals surface area contributed by atoms with Crippen LogP contribution in [0.15, 0.2) is 57.7 Å². The van der Waals surface area contributed by atoms with Crippen LogP contribution >= 0.6 is 15.9 Å². The Hall–Kier alpha value is -1.81. The van der Waals surface area contributed by atoms with Crippen molar-refractivity contribution in [1.29, 1.82) is 0 Å². The van der Waals surface area contributed by atoms with E-state index in [9.17, 15) is 0 Å². The number of aromatic nitrogens is 1. The summed E-state index contributed by atoms with van der Waals surface area (Å²) < 4.78 is 5.95. The summed E-state index contributed by atoms with van der Waals surface area (Å²) in [6, 6.07) is 16.2. The van der Waals surface area contributed by atoms with Crippen LogP contribution in [0.3, 0.4) is 0 Å². The van der Waals surface area contributed by atoms with E-state index in [1.807, 2.05) is 36.4 Å². The van der Waals surface area contributed by atoms with Crippen molar-refractivity contribution in [1.82, 2.24) is 5.16 Å². The monoisotopic (exact) mass is 302 g/mol. The second-order valence-corrected chi connectivity index (χ2v) is 4.77. The molecular formula is C14H11BrN2O. The van der Waals surface area contributed by atoms with Gasteiger partial charge in [0.2, 0.25) is 0 Å². The highest BCUT2D eigenvalue weighted by atomic mass is 79.9. The maximum absolute atomic E-state index is 5.20. The highest BCUT2D eigenvalue weighted by Crippen LogP contribution is 2.25. The van der Waals surface area contributed by atoms with E-state index < -0.39 is 0 Å². The minimum Gasteiger partial charge on any atom is -0.381 e. The van der Waals surface area contributed by atoms with Crippen LogP contribution in [0.5, 0.6) is 0 Å². The molecule has 2 aromatic carbocycles. The first kappa shape index (κ1) is 11.3. The molecule has 1 aromatic heterocycles. The van der Waals surface area contributed by atoms with Gasteiger partial charge in [-0.25, -0.2) is 0 Å². The molecule has 1 N–H and O–H groups in total. The highest BCUT2D eigenvalue weighted by molar-refractivity contribution is 9.10. The highest BCUT2D eigenvalue weighted by Gasteiger charge is 2.05. The van der Waals surface area contributed by atoms with E-state index in [0.717, 1.165) is 27.8 Å². The lowest BCUT2D eigenvalue weighted by molar-refractivity contribution is 0.451. The molecule has 3 aromatic rings. The molecule has 0 aliphatic carbocycles. The average molecular weight is 303 g/mol. The van der Waals surface area contributed by atoms with E-state index in [1.165, 1.54) is 5.56 Å². The van der Waals surface area contributed by atoms with Crippen molar-refractivity contribution < 1.29 is 4.52 Å². The van der Waals surface area contributed by atoms with Crippen LogP contribution < -0.4 is 5.32 Å². The standard InChI is InChI=1S/C14H11BrN2O/c15-14-12-7-6-11(8-13(12)18-17-14)16-9-10-4-2-1-3-5-10/h1-8,16H,9H2. The normalized spacial score (nSPS) is 10.7. The average Bonchev–Trinajstić information content (AvgIpc) is 2.79. The Bertz CT molecular complexity index is 664. The number of hydrogen-bond donors (Lipinski definition) is 1. The number of hydrogen-bond acceptors (Lipinski definition) is 3. The topological polar surface area (TPSA) is 38.1 Å². The molecule has 1 heterocycles. The molecule has 0 aliphatic heterocycles. The van der Waals surface area contributed by atoms with Crippen LogP contribution in [0.4, 0.5) is 5.69 Å². The van der Waals surface area contributed by atoms with Gasteiger partial charge < -0.3 is 9.84 Å². The number of nitrogens with one attached hydrogen (secondary N) is 1. The minimum absolute atomic E-state index is 0.743. The Morgan fingerprint density at radius 2 is 1.94 bits per heavy atom. The molecule has 0 radical (unpaired) electrons. The second-order valence-electron chi connectivity index (χ2n) is 4.02. The molecule has 0 amide bonds. The second kappa shape index (κ2) is 4.82. The minimum atomic E-state index is 0.743. The van der Waals surface area contributed by atoms with Gasteiger partial charge in [0.1, 0.15) is 0 Å². The molecule has 0 saturated carbocycles. The molecule has 0 unspecified atom stereocenters. The number of halogens is 1. The molecule has 18 heavy (non-hydrogen) atoms.